The molecule has 22 heavy (non-hydrogen) atoms. The van der Waals surface area contributed by atoms with E-state index in [-0.39, 0.29) is 0 Å². The number of aliphatic hydroxyl groups excluding tert-OH is 1. The zero-order valence-electron chi connectivity index (χ0n) is 12.7. The average molecular weight is 298 g/mol. The highest BCUT2D eigenvalue weighted by atomic mass is 16.3. The second kappa shape index (κ2) is 7.22. The Bertz CT molecular complexity index is 565. The molecule has 3 rings (SSSR count). The minimum Gasteiger partial charge on any atom is -0.396 e. The molecule has 0 saturated carbocycles. The number of piperidine rings is 1. The summed E-state index contributed by atoms with van der Waals surface area (Å²) < 4.78 is 0. The summed E-state index contributed by atoms with van der Waals surface area (Å²) in [5.41, 5.74) is 1.14. The predicted molar refractivity (Wildman–Crippen MR) is 87.8 cm³/mol. The lowest BCUT2D eigenvalue weighted by Crippen LogP contribution is -2.35. The molecule has 5 heteroatoms. The number of anilines is 2. The third-order valence-corrected chi connectivity index (χ3v) is 4.14. The normalized spacial score (nSPS) is 15.8. The van der Waals surface area contributed by atoms with Crippen LogP contribution in [0, 0.1) is 5.92 Å². The van der Waals surface area contributed by atoms with Gasteiger partial charge in [0.15, 0.2) is 0 Å². The van der Waals surface area contributed by atoms with E-state index in [0.717, 1.165) is 49.7 Å². The summed E-state index contributed by atoms with van der Waals surface area (Å²) in [7, 11) is 0. The van der Waals surface area contributed by atoms with Crippen LogP contribution in [0.2, 0.25) is 0 Å². The average Bonchev–Trinajstić information content (AvgIpc) is 2.61. The van der Waals surface area contributed by atoms with Crippen molar-refractivity contribution in [1.29, 1.82) is 0 Å². The minimum absolute atomic E-state index is 0.305. The van der Waals surface area contributed by atoms with Crippen molar-refractivity contribution in [1.82, 2.24) is 9.97 Å². The summed E-state index contributed by atoms with van der Waals surface area (Å²) in [6, 6.07) is 10.0. The number of nitrogens with one attached hydrogen (secondary N) is 1. The molecular formula is C17H22N4O. The zero-order chi connectivity index (χ0) is 15.2. The van der Waals surface area contributed by atoms with Gasteiger partial charge in [0.2, 0.25) is 0 Å². The summed E-state index contributed by atoms with van der Waals surface area (Å²) in [5.74, 6) is 2.36. The molecule has 0 amide bonds. The molecule has 0 atom stereocenters. The highest BCUT2D eigenvalue weighted by Crippen LogP contribution is 2.21. The van der Waals surface area contributed by atoms with Gasteiger partial charge in [-0.05, 0) is 42.5 Å². The molecule has 0 radical (unpaired) electrons. The maximum Gasteiger partial charge on any atom is 0.128 e. The molecule has 2 N–H and O–H groups in total. The number of pyridine rings is 2. The standard InChI is InChI=1S/C17H22N4O/c22-13-14-6-9-21(10-7-14)17-5-4-15(12-20-17)11-19-16-3-1-2-8-18-16/h1-5,8,12,14,22H,6-7,9-11,13H2,(H,18,19). The fourth-order valence-electron chi connectivity index (χ4n) is 2.71. The number of hydrogen-bond donors (Lipinski definition) is 2. The molecule has 2 aromatic rings. The summed E-state index contributed by atoms with van der Waals surface area (Å²) in [4.78, 5) is 11.1. The van der Waals surface area contributed by atoms with Crippen LogP contribution in [0.3, 0.4) is 0 Å². The topological polar surface area (TPSA) is 61.3 Å². The molecule has 116 valence electrons. The van der Waals surface area contributed by atoms with Crippen molar-refractivity contribution in [2.75, 3.05) is 29.9 Å². The number of aliphatic hydroxyl groups is 1. The quantitative estimate of drug-likeness (QED) is 0.887. The number of rotatable bonds is 5. The first kappa shape index (κ1) is 14.8. The SMILES string of the molecule is OCC1CCN(c2ccc(CNc3ccccn3)cn2)CC1. The van der Waals surface area contributed by atoms with Crippen molar-refractivity contribution >= 4 is 11.6 Å². The van der Waals surface area contributed by atoms with Gasteiger partial charge in [0.05, 0.1) is 0 Å². The first-order chi connectivity index (χ1) is 10.8. The lowest BCUT2D eigenvalue weighted by molar-refractivity contribution is 0.203. The van der Waals surface area contributed by atoms with E-state index in [0.29, 0.717) is 12.5 Å². The predicted octanol–water partition coefficient (Wildman–Crippen LogP) is 2.30. The van der Waals surface area contributed by atoms with Gasteiger partial charge >= 0.3 is 0 Å². The lowest BCUT2D eigenvalue weighted by Gasteiger charge is -2.32. The van der Waals surface area contributed by atoms with Crippen LogP contribution in [0.4, 0.5) is 11.6 Å². The second-order valence-corrected chi connectivity index (χ2v) is 5.71. The molecule has 0 aliphatic carbocycles. The summed E-state index contributed by atoms with van der Waals surface area (Å²) in [6.07, 6.45) is 5.78. The smallest absolute Gasteiger partial charge is 0.128 e. The van der Waals surface area contributed by atoms with E-state index in [1.54, 1.807) is 6.20 Å². The van der Waals surface area contributed by atoms with Crippen molar-refractivity contribution in [2.24, 2.45) is 5.92 Å². The van der Waals surface area contributed by atoms with Crippen LogP contribution in [0.15, 0.2) is 42.7 Å². The van der Waals surface area contributed by atoms with E-state index in [2.05, 4.69) is 32.3 Å². The Morgan fingerprint density at radius 2 is 2.00 bits per heavy atom. The first-order valence-corrected chi connectivity index (χ1v) is 7.81. The van der Waals surface area contributed by atoms with Crippen molar-refractivity contribution in [3.63, 3.8) is 0 Å². The zero-order valence-corrected chi connectivity index (χ0v) is 12.7. The van der Waals surface area contributed by atoms with E-state index in [1.807, 2.05) is 24.4 Å². The van der Waals surface area contributed by atoms with E-state index in [4.69, 9.17) is 0 Å². The van der Waals surface area contributed by atoms with Gasteiger partial charge in [0.25, 0.3) is 0 Å². The van der Waals surface area contributed by atoms with Crippen molar-refractivity contribution < 1.29 is 5.11 Å². The molecule has 1 aliphatic heterocycles. The maximum atomic E-state index is 9.19. The van der Waals surface area contributed by atoms with Crippen LogP contribution in [-0.4, -0.2) is 34.8 Å². The molecule has 1 fully saturated rings. The van der Waals surface area contributed by atoms with Crippen LogP contribution < -0.4 is 10.2 Å². The fraction of sp³-hybridized carbons (Fsp3) is 0.412. The van der Waals surface area contributed by atoms with E-state index in [1.165, 1.54) is 0 Å². The van der Waals surface area contributed by atoms with Gasteiger partial charge in [-0.2, -0.15) is 0 Å². The van der Waals surface area contributed by atoms with Crippen molar-refractivity contribution in [2.45, 2.75) is 19.4 Å². The molecule has 0 bridgehead atoms. The van der Waals surface area contributed by atoms with Gasteiger partial charge in [0.1, 0.15) is 11.6 Å². The Kier molecular flexibility index (Phi) is 4.85. The molecule has 0 unspecified atom stereocenters. The molecule has 0 aromatic carbocycles. The molecular weight excluding hydrogens is 276 g/mol. The Hall–Kier alpha value is -2.14. The molecule has 5 nitrogen and oxygen atoms in total. The van der Waals surface area contributed by atoms with Gasteiger partial charge in [0, 0.05) is 38.6 Å². The Morgan fingerprint density at radius 3 is 2.64 bits per heavy atom. The molecule has 3 heterocycles. The maximum absolute atomic E-state index is 9.19. The third-order valence-electron chi connectivity index (χ3n) is 4.14. The summed E-state index contributed by atoms with van der Waals surface area (Å²) in [6.45, 7) is 2.98. The van der Waals surface area contributed by atoms with Crippen molar-refractivity contribution in [3.8, 4) is 0 Å². The highest BCUT2D eigenvalue weighted by Gasteiger charge is 2.19. The fourth-order valence-corrected chi connectivity index (χ4v) is 2.71. The number of nitrogens with zero attached hydrogens (tertiary/aromatic N) is 3. The Balaban J connectivity index is 1.54. The van der Waals surface area contributed by atoms with Gasteiger partial charge in [-0.15, -0.1) is 0 Å². The molecule has 1 aliphatic rings. The van der Waals surface area contributed by atoms with E-state index < -0.39 is 0 Å². The largest absolute Gasteiger partial charge is 0.396 e. The lowest BCUT2D eigenvalue weighted by atomic mass is 9.98. The third kappa shape index (κ3) is 3.74. The van der Waals surface area contributed by atoms with E-state index >= 15 is 0 Å². The van der Waals surface area contributed by atoms with E-state index in [9.17, 15) is 5.11 Å². The first-order valence-electron chi connectivity index (χ1n) is 7.81. The van der Waals surface area contributed by atoms with Gasteiger partial charge in [-0.3, -0.25) is 0 Å². The number of hydrogen-bond acceptors (Lipinski definition) is 5. The molecule has 0 spiro atoms. The minimum atomic E-state index is 0.305. The monoisotopic (exact) mass is 298 g/mol. The van der Waals surface area contributed by atoms with Gasteiger partial charge < -0.3 is 15.3 Å². The molecule has 1 saturated heterocycles. The number of aromatic nitrogens is 2. The summed E-state index contributed by atoms with van der Waals surface area (Å²) >= 11 is 0. The van der Waals surface area contributed by atoms with Crippen LogP contribution >= 0.6 is 0 Å². The Morgan fingerprint density at radius 1 is 1.14 bits per heavy atom. The van der Waals surface area contributed by atoms with Crippen molar-refractivity contribution in [3.05, 3.63) is 48.3 Å². The van der Waals surface area contributed by atoms with Gasteiger partial charge in [-0.1, -0.05) is 12.1 Å². The van der Waals surface area contributed by atoms with Crippen LogP contribution in [0.25, 0.3) is 0 Å². The summed E-state index contributed by atoms with van der Waals surface area (Å²) in [5, 5.41) is 12.5. The Labute approximate surface area is 131 Å². The van der Waals surface area contributed by atoms with Crippen LogP contribution in [-0.2, 0) is 6.54 Å². The van der Waals surface area contributed by atoms with Crippen LogP contribution in [0.1, 0.15) is 18.4 Å². The molecule has 2 aromatic heterocycles. The van der Waals surface area contributed by atoms with Crippen LogP contribution in [0.5, 0.6) is 0 Å². The second-order valence-electron chi connectivity index (χ2n) is 5.71. The highest BCUT2D eigenvalue weighted by molar-refractivity contribution is 5.41. The van der Waals surface area contributed by atoms with Gasteiger partial charge in [-0.25, -0.2) is 9.97 Å².